The summed E-state index contributed by atoms with van der Waals surface area (Å²) in [6, 6.07) is 24.9. The second-order valence-electron chi connectivity index (χ2n) is 7.22. The summed E-state index contributed by atoms with van der Waals surface area (Å²) in [6.07, 6.45) is 2.21. The van der Waals surface area contributed by atoms with Crippen molar-refractivity contribution in [1.82, 2.24) is 5.32 Å². The van der Waals surface area contributed by atoms with Crippen molar-refractivity contribution in [3.8, 4) is 17.2 Å². The largest absolute Gasteiger partial charge is 0.497 e. The van der Waals surface area contributed by atoms with Crippen molar-refractivity contribution >= 4 is 0 Å². The van der Waals surface area contributed by atoms with Crippen LogP contribution >= 0.6 is 0 Å². The topological polar surface area (TPSA) is 39.7 Å². The molecule has 0 aromatic heterocycles. The molecule has 0 saturated carbocycles. The molecular formula is C26H31NO3. The van der Waals surface area contributed by atoms with Gasteiger partial charge in [0.2, 0.25) is 0 Å². The molecule has 3 aromatic carbocycles. The van der Waals surface area contributed by atoms with Crippen LogP contribution in [0.4, 0.5) is 0 Å². The van der Waals surface area contributed by atoms with Crippen molar-refractivity contribution in [3.63, 3.8) is 0 Å². The Morgan fingerprint density at radius 3 is 1.20 bits per heavy atom. The van der Waals surface area contributed by atoms with E-state index in [1.807, 2.05) is 36.4 Å². The maximum Gasteiger partial charge on any atom is 0.118 e. The molecule has 3 aromatic rings. The molecule has 0 atom stereocenters. The van der Waals surface area contributed by atoms with Crippen LogP contribution in [0.3, 0.4) is 0 Å². The van der Waals surface area contributed by atoms with E-state index in [0.29, 0.717) is 0 Å². The number of ether oxygens (including phenoxy) is 3. The van der Waals surface area contributed by atoms with Gasteiger partial charge in [-0.2, -0.15) is 0 Å². The standard InChI is InChI=1S/C26H31NO3/c1-5-6-19-27-26(20-7-13-23(28-2)14-8-20,21-9-15-24(29-3)16-10-21)22-11-17-25(30-4)18-12-22/h7-18,27H,5-6,19H2,1-4H3. The van der Waals surface area contributed by atoms with Gasteiger partial charge in [-0.05, 0) is 66.1 Å². The molecule has 0 bridgehead atoms. The maximum atomic E-state index is 5.40. The minimum atomic E-state index is -0.514. The summed E-state index contributed by atoms with van der Waals surface area (Å²) >= 11 is 0. The fourth-order valence-electron chi connectivity index (χ4n) is 3.78. The van der Waals surface area contributed by atoms with Crippen molar-refractivity contribution in [2.75, 3.05) is 27.9 Å². The first-order chi connectivity index (χ1) is 14.7. The number of methoxy groups -OCH3 is 3. The van der Waals surface area contributed by atoms with E-state index in [-0.39, 0.29) is 0 Å². The normalized spacial score (nSPS) is 11.2. The van der Waals surface area contributed by atoms with Crippen LogP contribution in [0, 0.1) is 0 Å². The lowest BCUT2D eigenvalue weighted by atomic mass is 9.76. The molecule has 4 heteroatoms. The predicted molar refractivity (Wildman–Crippen MR) is 122 cm³/mol. The molecule has 1 N–H and O–H groups in total. The third-order valence-corrected chi connectivity index (χ3v) is 5.49. The molecule has 0 aliphatic carbocycles. The lowest BCUT2D eigenvalue weighted by Gasteiger charge is -2.37. The minimum Gasteiger partial charge on any atom is -0.497 e. The molecule has 0 fully saturated rings. The highest BCUT2D eigenvalue weighted by atomic mass is 16.5. The van der Waals surface area contributed by atoms with Gasteiger partial charge in [0.1, 0.15) is 17.2 Å². The lowest BCUT2D eigenvalue weighted by molar-refractivity contribution is 0.410. The van der Waals surface area contributed by atoms with Crippen LogP contribution < -0.4 is 19.5 Å². The van der Waals surface area contributed by atoms with Crippen LogP contribution in [0.5, 0.6) is 17.2 Å². The SMILES string of the molecule is CCCCNC(c1ccc(OC)cc1)(c1ccc(OC)cc1)c1ccc(OC)cc1. The number of benzene rings is 3. The highest BCUT2D eigenvalue weighted by molar-refractivity contribution is 5.52. The summed E-state index contributed by atoms with van der Waals surface area (Å²) in [5.74, 6) is 2.52. The van der Waals surface area contributed by atoms with Crippen LogP contribution in [-0.2, 0) is 5.54 Å². The molecule has 0 aliphatic heterocycles. The molecular weight excluding hydrogens is 374 g/mol. The molecule has 0 unspecified atom stereocenters. The summed E-state index contributed by atoms with van der Waals surface area (Å²) in [6.45, 7) is 3.10. The second kappa shape index (κ2) is 10.2. The van der Waals surface area contributed by atoms with E-state index >= 15 is 0 Å². The van der Waals surface area contributed by atoms with Gasteiger partial charge in [0, 0.05) is 0 Å². The average molecular weight is 406 g/mol. The molecule has 0 aliphatic rings. The van der Waals surface area contributed by atoms with E-state index in [9.17, 15) is 0 Å². The zero-order chi connectivity index (χ0) is 21.4. The molecule has 0 saturated heterocycles. The Morgan fingerprint density at radius 2 is 0.933 bits per heavy atom. The Balaban J connectivity index is 2.21. The van der Waals surface area contributed by atoms with Gasteiger partial charge < -0.3 is 14.2 Å². The molecule has 3 rings (SSSR count). The lowest BCUT2D eigenvalue weighted by Crippen LogP contribution is -2.45. The number of unbranched alkanes of at least 4 members (excludes halogenated alkanes) is 1. The molecule has 0 spiro atoms. The first kappa shape index (κ1) is 21.7. The second-order valence-corrected chi connectivity index (χ2v) is 7.22. The summed E-state index contributed by atoms with van der Waals surface area (Å²) in [5, 5.41) is 3.87. The van der Waals surface area contributed by atoms with Crippen LogP contribution in [0.25, 0.3) is 0 Å². The van der Waals surface area contributed by atoms with E-state index in [2.05, 4.69) is 48.6 Å². The van der Waals surface area contributed by atoms with Gasteiger partial charge >= 0.3 is 0 Å². The monoisotopic (exact) mass is 405 g/mol. The highest BCUT2D eigenvalue weighted by Gasteiger charge is 2.36. The molecule has 4 nitrogen and oxygen atoms in total. The number of nitrogens with one attached hydrogen (secondary N) is 1. The van der Waals surface area contributed by atoms with Gasteiger partial charge in [-0.3, -0.25) is 5.32 Å². The fraction of sp³-hybridized carbons (Fsp3) is 0.308. The van der Waals surface area contributed by atoms with Gasteiger partial charge in [0.25, 0.3) is 0 Å². The van der Waals surface area contributed by atoms with Crippen molar-refractivity contribution < 1.29 is 14.2 Å². The fourth-order valence-corrected chi connectivity index (χ4v) is 3.78. The number of hydrogen-bond acceptors (Lipinski definition) is 4. The smallest absolute Gasteiger partial charge is 0.118 e. The van der Waals surface area contributed by atoms with Crippen LogP contribution in [0.15, 0.2) is 72.8 Å². The Morgan fingerprint density at radius 1 is 0.600 bits per heavy atom. The Hall–Kier alpha value is -2.98. The predicted octanol–water partition coefficient (Wildman–Crippen LogP) is 5.39. The number of hydrogen-bond donors (Lipinski definition) is 1. The highest BCUT2D eigenvalue weighted by Crippen LogP contribution is 2.39. The van der Waals surface area contributed by atoms with Crippen molar-refractivity contribution in [3.05, 3.63) is 89.5 Å². The van der Waals surface area contributed by atoms with Gasteiger partial charge in [-0.1, -0.05) is 49.7 Å². The average Bonchev–Trinajstić information content (AvgIpc) is 2.82. The van der Waals surface area contributed by atoms with Gasteiger partial charge in [0.05, 0.1) is 26.9 Å². The van der Waals surface area contributed by atoms with Crippen molar-refractivity contribution in [2.24, 2.45) is 0 Å². The van der Waals surface area contributed by atoms with E-state index in [0.717, 1.165) is 53.3 Å². The van der Waals surface area contributed by atoms with Crippen molar-refractivity contribution in [2.45, 2.75) is 25.3 Å². The van der Waals surface area contributed by atoms with Crippen LogP contribution in [0.2, 0.25) is 0 Å². The number of rotatable bonds is 10. The van der Waals surface area contributed by atoms with Crippen LogP contribution in [-0.4, -0.2) is 27.9 Å². The molecule has 0 heterocycles. The molecule has 0 amide bonds. The summed E-state index contributed by atoms with van der Waals surface area (Å²) < 4.78 is 16.2. The van der Waals surface area contributed by atoms with E-state index < -0.39 is 5.54 Å². The zero-order valence-electron chi connectivity index (χ0n) is 18.3. The van der Waals surface area contributed by atoms with Gasteiger partial charge in [-0.25, -0.2) is 0 Å². The first-order valence-electron chi connectivity index (χ1n) is 10.4. The van der Waals surface area contributed by atoms with Crippen LogP contribution in [0.1, 0.15) is 36.5 Å². The summed E-state index contributed by atoms with van der Waals surface area (Å²) in [7, 11) is 5.07. The molecule has 0 radical (unpaired) electrons. The third-order valence-electron chi connectivity index (χ3n) is 5.49. The molecule has 30 heavy (non-hydrogen) atoms. The Kier molecular flexibility index (Phi) is 7.36. The van der Waals surface area contributed by atoms with E-state index in [1.54, 1.807) is 21.3 Å². The third kappa shape index (κ3) is 4.44. The van der Waals surface area contributed by atoms with E-state index in [4.69, 9.17) is 14.2 Å². The summed E-state index contributed by atoms with van der Waals surface area (Å²) in [5.41, 5.74) is 2.93. The van der Waals surface area contributed by atoms with Crippen molar-refractivity contribution in [1.29, 1.82) is 0 Å². The van der Waals surface area contributed by atoms with E-state index in [1.165, 1.54) is 0 Å². The van der Waals surface area contributed by atoms with Gasteiger partial charge in [0.15, 0.2) is 0 Å². The Bertz CT molecular complexity index is 787. The first-order valence-corrected chi connectivity index (χ1v) is 10.4. The summed E-state index contributed by atoms with van der Waals surface area (Å²) in [4.78, 5) is 0. The zero-order valence-corrected chi connectivity index (χ0v) is 18.3. The van der Waals surface area contributed by atoms with Gasteiger partial charge in [-0.15, -0.1) is 0 Å². The maximum absolute atomic E-state index is 5.40. The quantitative estimate of drug-likeness (QED) is 0.362. The molecule has 158 valence electrons. The Labute approximate surface area is 179 Å². The minimum absolute atomic E-state index is 0.514.